The molecule has 23 heavy (non-hydrogen) atoms. The van der Waals surface area contributed by atoms with E-state index in [1.807, 2.05) is 18.2 Å². The predicted molar refractivity (Wildman–Crippen MR) is 79.9 cm³/mol. The van der Waals surface area contributed by atoms with Crippen LogP contribution in [0.25, 0.3) is 0 Å². The van der Waals surface area contributed by atoms with Crippen LogP contribution in [0.5, 0.6) is 11.5 Å². The summed E-state index contributed by atoms with van der Waals surface area (Å²) in [5.41, 5.74) is -0.458. The van der Waals surface area contributed by atoms with E-state index in [1.54, 1.807) is 12.1 Å². The third kappa shape index (κ3) is 5.06. The van der Waals surface area contributed by atoms with Gasteiger partial charge >= 0.3 is 11.7 Å². The lowest BCUT2D eigenvalue weighted by Crippen LogP contribution is -2.11. The summed E-state index contributed by atoms with van der Waals surface area (Å²) in [5.74, 6) is -1.12. The van der Waals surface area contributed by atoms with Gasteiger partial charge in [-0.3, -0.25) is 14.9 Å². The highest BCUT2D eigenvalue weighted by Crippen LogP contribution is 2.27. The molecule has 7 heteroatoms. The van der Waals surface area contributed by atoms with Gasteiger partial charge in [0.2, 0.25) is 5.75 Å². The van der Waals surface area contributed by atoms with E-state index in [0.29, 0.717) is 18.8 Å². The molecule has 2 aromatic rings. The molecule has 0 atom stereocenters. The molecule has 0 aromatic heterocycles. The fraction of sp³-hybridized carbons (Fsp3) is 0.188. The molecule has 0 unspecified atom stereocenters. The highest BCUT2D eigenvalue weighted by molar-refractivity contribution is 5.73. The Bertz CT molecular complexity index is 690. The summed E-state index contributed by atoms with van der Waals surface area (Å²) in [6.07, 6.45) is 0.372. The molecule has 120 valence electrons. The van der Waals surface area contributed by atoms with Crippen molar-refractivity contribution < 1.29 is 23.6 Å². The summed E-state index contributed by atoms with van der Waals surface area (Å²) >= 11 is 0. The van der Waals surface area contributed by atoms with E-state index in [4.69, 9.17) is 9.47 Å². The van der Waals surface area contributed by atoms with E-state index >= 15 is 0 Å². The summed E-state index contributed by atoms with van der Waals surface area (Å²) < 4.78 is 23.4. The maximum absolute atomic E-state index is 13.1. The average Bonchev–Trinajstić information content (AvgIpc) is 2.52. The molecule has 0 amide bonds. The van der Waals surface area contributed by atoms with Crippen LogP contribution in [0.3, 0.4) is 0 Å². The number of carbonyl (C=O) groups is 1. The van der Waals surface area contributed by atoms with Crippen molar-refractivity contribution in [2.24, 2.45) is 0 Å². The van der Waals surface area contributed by atoms with E-state index < -0.39 is 28.1 Å². The Balaban J connectivity index is 1.83. The summed E-state index contributed by atoms with van der Waals surface area (Å²) in [7, 11) is 0. The lowest BCUT2D eigenvalue weighted by atomic mass is 10.3. The van der Waals surface area contributed by atoms with Crippen molar-refractivity contribution in [3.8, 4) is 11.5 Å². The number of carbonyl (C=O) groups excluding carboxylic acids is 1. The van der Waals surface area contributed by atoms with Crippen molar-refractivity contribution in [2.75, 3.05) is 6.61 Å². The van der Waals surface area contributed by atoms with Crippen LogP contribution in [-0.4, -0.2) is 17.5 Å². The fourth-order valence-corrected chi connectivity index (χ4v) is 1.82. The Morgan fingerprint density at radius 1 is 1.17 bits per heavy atom. The molecule has 0 N–H and O–H groups in total. The van der Waals surface area contributed by atoms with Gasteiger partial charge in [0.05, 0.1) is 11.5 Å². The Kier molecular flexibility index (Phi) is 5.62. The minimum Gasteiger partial charge on any atom is -0.494 e. The van der Waals surface area contributed by atoms with Crippen molar-refractivity contribution in [1.29, 1.82) is 0 Å². The number of halogens is 1. The summed E-state index contributed by atoms with van der Waals surface area (Å²) in [4.78, 5) is 21.8. The van der Waals surface area contributed by atoms with Crippen molar-refractivity contribution in [3.05, 3.63) is 64.5 Å². The molecule has 6 nitrogen and oxygen atoms in total. The monoisotopic (exact) mass is 319 g/mol. The largest absolute Gasteiger partial charge is 0.494 e. The Morgan fingerprint density at radius 2 is 1.91 bits per heavy atom. The van der Waals surface area contributed by atoms with Crippen LogP contribution in [0.1, 0.15) is 12.8 Å². The van der Waals surface area contributed by atoms with Crippen molar-refractivity contribution in [1.82, 2.24) is 0 Å². The van der Waals surface area contributed by atoms with E-state index in [1.165, 1.54) is 0 Å². The van der Waals surface area contributed by atoms with Gasteiger partial charge in [0.15, 0.2) is 0 Å². The maximum Gasteiger partial charge on any atom is 0.311 e. The molecule has 0 bridgehead atoms. The van der Waals surface area contributed by atoms with Gasteiger partial charge in [-0.15, -0.1) is 0 Å². The maximum atomic E-state index is 13.1. The second-order valence-corrected chi connectivity index (χ2v) is 4.61. The minimum absolute atomic E-state index is 0.000497. The molecule has 2 aromatic carbocycles. The summed E-state index contributed by atoms with van der Waals surface area (Å²) in [6, 6.07) is 11.8. The molecule has 2 rings (SSSR count). The number of esters is 1. The van der Waals surface area contributed by atoms with Crippen LogP contribution >= 0.6 is 0 Å². The zero-order valence-electron chi connectivity index (χ0n) is 12.1. The number of hydrogen-bond donors (Lipinski definition) is 0. The highest BCUT2D eigenvalue weighted by atomic mass is 19.1. The van der Waals surface area contributed by atoms with Crippen LogP contribution < -0.4 is 9.47 Å². The third-order valence-corrected chi connectivity index (χ3v) is 2.88. The summed E-state index contributed by atoms with van der Waals surface area (Å²) in [6.45, 7) is 0.296. The average molecular weight is 319 g/mol. The number of nitro benzene ring substituents is 1. The molecule has 0 saturated carbocycles. The molecule has 0 aliphatic carbocycles. The molecule has 0 spiro atoms. The Morgan fingerprint density at radius 3 is 2.61 bits per heavy atom. The normalized spacial score (nSPS) is 10.1. The first kappa shape index (κ1) is 16.4. The van der Waals surface area contributed by atoms with Gasteiger partial charge < -0.3 is 9.47 Å². The number of rotatable bonds is 7. The third-order valence-electron chi connectivity index (χ3n) is 2.88. The predicted octanol–water partition coefficient (Wildman–Crippen LogP) is 3.50. The van der Waals surface area contributed by atoms with Crippen molar-refractivity contribution in [2.45, 2.75) is 12.8 Å². The van der Waals surface area contributed by atoms with E-state index in [9.17, 15) is 19.3 Å². The topological polar surface area (TPSA) is 78.7 Å². The standard InChI is InChI=1S/C16H14FNO5/c17-12-8-9-14(18(20)21)15(11-12)23-16(19)7-4-10-22-13-5-2-1-3-6-13/h1-3,5-6,8-9,11H,4,7,10H2. The number of nitrogens with zero attached hydrogens (tertiary/aromatic N) is 1. The van der Waals surface area contributed by atoms with Gasteiger partial charge in [-0.05, 0) is 24.6 Å². The van der Waals surface area contributed by atoms with Crippen molar-refractivity contribution in [3.63, 3.8) is 0 Å². The minimum atomic E-state index is -0.736. The first-order valence-corrected chi connectivity index (χ1v) is 6.89. The molecular formula is C16H14FNO5. The molecule has 0 saturated heterocycles. The van der Waals surface area contributed by atoms with Gasteiger partial charge in [0, 0.05) is 18.6 Å². The summed E-state index contributed by atoms with van der Waals surface area (Å²) in [5, 5.41) is 10.8. The number of benzene rings is 2. The second-order valence-electron chi connectivity index (χ2n) is 4.61. The fourth-order valence-electron chi connectivity index (χ4n) is 1.82. The van der Waals surface area contributed by atoms with E-state index in [2.05, 4.69) is 0 Å². The molecular weight excluding hydrogens is 305 g/mol. The first-order valence-electron chi connectivity index (χ1n) is 6.89. The lowest BCUT2D eigenvalue weighted by Gasteiger charge is -2.07. The molecule has 0 radical (unpaired) electrons. The van der Waals surface area contributed by atoms with Crippen LogP contribution in [0.4, 0.5) is 10.1 Å². The quantitative estimate of drug-likeness (QED) is 0.256. The van der Waals surface area contributed by atoms with Crippen molar-refractivity contribution >= 4 is 11.7 Å². The van der Waals surface area contributed by atoms with E-state index in [-0.39, 0.29) is 6.42 Å². The van der Waals surface area contributed by atoms with Crippen LogP contribution in [0.2, 0.25) is 0 Å². The zero-order valence-corrected chi connectivity index (χ0v) is 12.1. The molecule has 0 aliphatic heterocycles. The molecule has 0 aliphatic rings. The zero-order chi connectivity index (χ0) is 16.7. The number of nitro groups is 1. The molecule has 0 heterocycles. The Hall–Kier alpha value is -2.96. The highest BCUT2D eigenvalue weighted by Gasteiger charge is 2.18. The SMILES string of the molecule is O=C(CCCOc1ccccc1)Oc1cc(F)ccc1[N+](=O)[O-]. The number of hydrogen-bond acceptors (Lipinski definition) is 5. The van der Waals surface area contributed by atoms with Gasteiger partial charge in [-0.25, -0.2) is 4.39 Å². The van der Waals surface area contributed by atoms with Crippen LogP contribution in [0.15, 0.2) is 48.5 Å². The first-order chi connectivity index (χ1) is 11.1. The van der Waals surface area contributed by atoms with E-state index in [0.717, 1.165) is 18.2 Å². The Labute approximate surface area is 131 Å². The van der Waals surface area contributed by atoms with Gasteiger partial charge in [0.1, 0.15) is 11.6 Å². The number of ether oxygens (including phenoxy) is 2. The second kappa shape index (κ2) is 7.88. The van der Waals surface area contributed by atoms with Crippen LogP contribution in [-0.2, 0) is 4.79 Å². The van der Waals surface area contributed by atoms with Gasteiger partial charge in [-0.1, -0.05) is 18.2 Å². The van der Waals surface area contributed by atoms with Gasteiger partial charge in [-0.2, -0.15) is 0 Å². The molecule has 0 fully saturated rings. The lowest BCUT2D eigenvalue weighted by molar-refractivity contribution is -0.385. The van der Waals surface area contributed by atoms with Crippen LogP contribution in [0, 0.1) is 15.9 Å². The number of para-hydroxylation sites is 1. The van der Waals surface area contributed by atoms with Gasteiger partial charge in [0.25, 0.3) is 0 Å². The smallest absolute Gasteiger partial charge is 0.311 e.